The topological polar surface area (TPSA) is 65.2 Å². The lowest BCUT2D eigenvalue weighted by Crippen LogP contribution is -2.18. The van der Waals surface area contributed by atoms with Crippen LogP contribution in [0.15, 0.2) is 48.8 Å². The molecule has 2 aromatic heterocycles. The first kappa shape index (κ1) is 22.8. The molecule has 0 radical (unpaired) electrons. The molecule has 1 fully saturated rings. The number of aliphatic hydroxyl groups excluding tert-OH is 1. The summed E-state index contributed by atoms with van der Waals surface area (Å²) in [5.41, 5.74) is 3.77. The van der Waals surface area contributed by atoms with E-state index in [1.54, 1.807) is 0 Å². The number of ether oxygens (including phenoxy) is 3. The molecule has 32 heavy (non-hydrogen) atoms. The van der Waals surface area contributed by atoms with Crippen molar-refractivity contribution < 1.29 is 19.3 Å². The highest BCUT2D eigenvalue weighted by Gasteiger charge is 2.25. The van der Waals surface area contributed by atoms with E-state index in [1.807, 2.05) is 36.6 Å². The van der Waals surface area contributed by atoms with E-state index in [-0.39, 0.29) is 6.10 Å². The molecule has 1 unspecified atom stereocenters. The van der Waals surface area contributed by atoms with Gasteiger partial charge < -0.3 is 23.7 Å². The summed E-state index contributed by atoms with van der Waals surface area (Å²) >= 11 is 0. The van der Waals surface area contributed by atoms with Crippen molar-refractivity contribution in [2.24, 2.45) is 5.92 Å². The number of imidazole rings is 1. The summed E-state index contributed by atoms with van der Waals surface area (Å²) < 4.78 is 19.0. The molecule has 6 heteroatoms. The highest BCUT2D eigenvalue weighted by molar-refractivity contribution is 5.50. The maximum Gasteiger partial charge on any atom is 0.185 e. The number of aliphatic hydroxyl groups is 1. The van der Waals surface area contributed by atoms with Gasteiger partial charge in [-0.1, -0.05) is 30.3 Å². The third kappa shape index (κ3) is 5.49. The SMILES string of the molecule is COC(O)c1cn2cc([C@H]3CC[C@H](COCc4ccccc4)CC3)nc2cc1OC(C)C. The van der Waals surface area contributed by atoms with Gasteiger partial charge in [0.1, 0.15) is 11.4 Å². The van der Waals surface area contributed by atoms with Crippen molar-refractivity contribution in [1.82, 2.24) is 9.38 Å². The summed E-state index contributed by atoms with van der Waals surface area (Å²) in [6.07, 6.45) is 7.45. The van der Waals surface area contributed by atoms with Crippen LogP contribution in [0.3, 0.4) is 0 Å². The minimum absolute atomic E-state index is 0.00548. The zero-order valence-electron chi connectivity index (χ0n) is 19.2. The van der Waals surface area contributed by atoms with Crippen LogP contribution < -0.4 is 4.74 Å². The fraction of sp³-hybridized carbons (Fsp3) is 0.500. The lowest BCUT2D eigenvalue weighted by molar-refractivity contribution is -0.0788. The molecule has 1 N–H and O–H groups in total. The third-order valence-electron chi connectivity index (χ3n) is 6.18. The van der Waals surface area contributed by atoms with Crippen molar-refractivity contribution in [2.75, 3.05) is 13.7 Å². The van der Waals surface area contributed by atoms with Gasteiger partial charge in [-0.3, -0.25) is 0 Å². The summed E-state index contributed by atoms with van der Waals surface area (Å²) in [7, 11) is 1.48. The van der Waals surface area contributed by atoms with Crippen LogP contribution in [0.1, 0.15) is 68.6 Å². The van der Waals surface area contributed by atoms with Gasteiger partial charge in [-0.25, -0.2) is 4.98 Å². The second-order valence-corrected chi connectivity index (χ2v) is 9.00. The average Bonchev–Trinajstić information content (AvgIpc) is 3.22. The van der Waals surface area contributed by atoms with Gasteiger partial charge in [-0.2, -0.15) is 0 Å². The van der Waals surface area contributed by atoms with Crippen molar-refractivity contribution in [1.29, 1.82) is 0 Å². The fourth-order valence-corrected chi connectivity index (χ4v) is 4.46. The maximum absolute atomic E-state index is 10.3. The summed E-state index contributed by atoms with van der Waals surface area (Å²) in [4.78, 5) is 4.89. The Kier molecular flexibility index (Phi) is 7.45. The maximum atomic E-state index is 10.3. The lowest BCUT2D eigenvalue weighted by Gasteiger charge is -2.27. The van der Waals surface area contributed by atoms with Crippen molar-refractivity contribution in [3.8, 4) is 5.75 Å². The van der Waals surface area contributed by atoms with E-state index in [1.165, 1.54) is 12.7 Å². The van der Waals surface area contributed by atoms with Crippen LogP contribution in [0.25, 0.3) is 5.65 Å². The highest BCUT2D eigenvalue weighted by atomic mass is 16.6. The van der Waals surface area contributed by atoms with Gasteiger partial charge in [0.05, 0.1) is 24.0 Å². The van der Waals surface area contributed by atoms with Crippen LogP contribution in [0.2, 0.25) is 0 Å². The second kappa shape index (κ2) is 10.5. The van der Waals surface area contributed by atoms with E-state index in [0.717, 1.165) is 43.6 Å². The van der Waals surface area contributed by atoms with Crippen molar-refractivity contribution in [2.45, 2.75) is 64.4 Å². The van der Waals surface area contributed by atoms with E-state index in [0.29, 0.717) is 29.8 Å². The number of nitrogens with zero attached hydrogens (tertiary/aromatic N) is 2. The minimum Gasteiger partial charge on any atom is -0.490 e. The summed E-state index contributed by atoms with van der Waals surface area (Å²) in [5, 5.41) is 10.3. The molecule has 1 aliphatic rings. The zero-order valence-corrected chi connectivity index (χ0v) is 19.2. The second-order valence-electron chi connectivity index (χ2n) is 9.00. The molecule has 3 aromatic rings. The molecular formula is C26H34N2O4. The molecule has 1 saturated carbocycles. The van der Waals surface area contributed by atoms with Crippen LogP contribution in [0.4, 0.5) is 0 Å². The molecule has 1 aromatic carbocycles. The standard InChI is InChI=1S/C26H34N2O4/c1-18(2)32-24-13-25-27-23(15-28(25)14-22(24)26(29)30-3)21-11-9-20(10-12-21)17-31-16-19-7-5-4-6-8-19/h4-8,13-15,18,20-21,26,29H,9-12,16-17H2,1-3H3/t20-,21-,26?. The van der Waals surface area contributed by atoms with Gasteiger partial charge in [0, 0.05) is 38.1 Å². The number of hydrogen-bond donors (Lipinski definition) is 1. The van der Waals surface area contributed by atoms with E-state index < -0.39 is 6.29 Å². The number of fused-ring (bicyclic) bond motifs is 1. The van der Waals surface area contributed by atoms with Gasteiger partial charge >= 0.3 is 0 Å². The van der Waals surface area contributed by atoms with Crippen molar-refractivity contribution in [3.63, 3.8) is 0 Å². The molecule has 0 amide bonds. The molecule has 4 rings (SSSR count). The number of rotatable bonds is 9. The number of benzene rings is 1. The lowest BCUT2D eigenvalue weighted by atomic mass is 9.81. The predicted octanol–water partition coefficient (Wildman–Crippen LogP) is 5.25. The quantitative estimate of drug-likeness (QED) is 0.462. The predicted molar refractivity (Wildman–Crippen MR) is 124 cm³/mol. The Morgan fingerprint density at radius 2 is 1.84 bits per heavy atom. The summed E-state index contributed by atoms with van der Waals surface area (Å²) in [6, 6.07) is 12.2. The Balaban J connectivity index is 1.38. The monoisotopic (exact) mass is 438 g/mol. The van der Waals surface area contributed by atoms with E-state index in [2.05, 4.69) is 30.5 Å². The van der Waals surface area contributed by atoms with Gasteiger partial charge in [0.2, 0.25) is 0 Å². The normalized spacial score (nSPS) is 20.0. The first-order chi connectivity index (χ1) is 15.5. The number of hydrogen-bond acceptors (Lipinski definition) is 5. The van der Waals surface area contributed by atoms with Crippen molar-refractivity contribution >= 4 is 5.65 Å². The first-order valence-electron chi connectivity index (χ1n) is 11.5. The van der Waals surface area contributed by atoms with Crippen LogP contribution in [0, 0.1) is 5.92 Å². The molecule has 1 atom stereocenters. The summed E-state index contributed by atoms with van der Waals surface area (Å²) in [6.45, 7) is 5.43. The fourth-order valence-electron chi connectivity index (χ4n) is 4.46. The van der Waals surface area contributed by atoms with Crippen LogP contribution in [-0.2, 0) is 16.1 Å². The molecule has 6 nitrogen and oxygen atoms in total. The Morgan fingerprint density at radius 3 is 2.53 bits per heavy atom. The average molecular weight is 439 g/mol. The molecular weight excluding hydrogens is 404 g/mol. The van der Waals surface area contributed by atoms with Gasteiger partial charge in [0.15, 0.2) is 6.29 Å². The minimum atomic E-state index is -1.04. The van der Waals surface area contributed by atoms with Crippen molar-refractivity contribution in [3.05, 3.63) is 65.6 Å². The number of aromatic nitrogens is 2. The van der Waals surface area contributed by atoms with Gasteiger partial charge in [-0.05, 0) is 51.0 Å². The van der Waals surface area contributed by atoms with Gasteiger partial charge in [-0.15, -0.1) is 0 Å². The Morgan fingerprint density at radius 1 is 1.09 bits per heavy atom. The number of methoxy groups -OCH3 is 1. The molecule has 0 spiro atoms. The highest BCUT2D eigenvalue weighted by Crippen LogP contribution is 2.36. The van der Waals surface area contributed by atoms with E-state index in [4.69, 9.17) is 19.2 Å². The molecule has 2 heterocycles. The van der Waals surface area contributed by atoms with Crippen LogP contribution in [-0.4, -0.2) is 34.3 Å². The molecule has 172 valence electrons. The summed E-state index contributed by atoms with van der Waals surface area (Å²) in [5.74, 6) is 1.67. The molecule has 0 bridgehead atoms. The molecule has 0 aliphatic heterocycles. The Hall–Kier alpha value is -2.41. The third-order valence-corrected chi connectivity index (χ3v) is 6.18. The van der Waals surface area contributed by atoms with Crippen LogP contribution in [0.5, 0.6) is 5.75 Å². The Labute approximate surface area is 190 Å². The van der Waals surface area contributed by atoms with Crippen LogP contribution >= 0.6 is 0 Å². The molecule has 1 aliphatic carbocycles. The smallest absolute Gasteiger partial charge is 0.185 e. The molecule has 0 saturated heterocycles. The Bertz CT molecular complexity index is 994. The first-order valence-corrected chi connectivity index (χ1v) is 11.5. The number of pyridine rings is 1. The van der Waals surface area contributed by atoms with E-state index in [9.17, 15) is 5.11 Å². The van der Waals surface area contributed by atoms with E-state index >= 15 is 0 Å². The van der Waals surface area contributed by atoms with Gasteiger partial charge in [0.25, 0.3) is 0 Å². The zero-order chi connectivity index (χ0) is 22.5. The largest absolute Gasteiger partial charge is 0.490 e.